The number of fused-ring (bicyclic) bond motifs is 1. The van der Waals surface area contributed by atoms with Crippen LogP contribution in [0.4, 0.5) is 5.69 Å². The molecule has 1 amide bonds. The number of rotatable bonds is 7. The minimum Gasteiger partial charge on any atom is -0.495 e. The van der Waals surface area contributed by atoms with Crippen molar-refractivity contribution in [2.24, 2.45) is 0 Å². The molecule has 2 N–H and O–H groups in total. The molecule has 0 radical (unpaired) electrons. The Balaban J connectivity index is 1.61. The van der Waals surface area contributed by atoms with E-state index in [9.17, 15) is 4.79 Å². The lowest BCUT2D eigenvalue weighted by Gasteiger charge is -2.14. The van der Waals surface area contributed by atoms with Gasteiger partial charge in [0.25, 0.3) is 5.91 Å². The number of H-pyrrole nitrogens is 1. The quantitative estimate of drug-likeness (QED) is 0.408. The van der Waals surface area contributed by atoms with Gasteiger partial charge in [-0.05, 0) is 61.9 Å². The molecule has 0 aliphatic heterocycles. The number of carbonyl (C=O) groups excluding carboxylic acids is 1. The first-order valence-electron chi connectivity index (χ1n) is 10.3. The molecule has 0 unspecified atom stereocenters. The van der Waals surface area contributed by atoms with E-state index < -0.39 is 0 Å². The summed E-state index contributed by atoms with van der Waals surface area (Å²) in [5, 5.41) is 2.96. The number of hydrogen-bond acceptors (Lipinski definition) is 4. The summed E-state index contributed by atoms with van der Waals surface area (Å²) in [6, 6.07) is 20.6. The molecular formula is C25H25N3O3. The van der Waals surface area contributed by atoms with E-state index in [1.54, 1.807) is 19.2 Å². The van der Waals surface area contributed by atoms with Crippen molar-refractivity contribution < 1.29 is 14.3 Å². The van der Waals surface area contributed by atoms with Crippen molar-refractivity contribution in [3.05, 3.63) is 72.3 Å². The van der Waals surface area contributed by atoms with Gasteiger partial charge < -0.3 is 19.8 Å². The number of carbonyl (C=O) groups is 1. The van der Waals surface area contributed by atoms with Crippen molar-refractivity contribution >= 4 is 22.6 Å². The van der Waals surface area contributed by atoms with E-state index >= 15 is 0 Å². The standard InChI is InChI=1S/C25H25N3O3/c1-4-16(2)31-19-9-7-8-18(14-19)25(29)28-22-15-17(12-13-23(22)30-3)24-26-20-10-5-6-11-21(20)27-24/h5-16H,4H2,1-3H3,(H,26,27)(H,28,29)/t16-/m0/s1. The fourth-order valence-electron chi connectivity index (χ4n) is 3.26. The molecule has 4 rings (SSSR count). The second-order valence-corrected chi connectivity index (χ2v) is 7.34. The smallest absolute Gasteiger partial charge is 0.255 e. The molecule has 6 nitrogen and oxygen atoms in total. The Morgan fingerprint density at radius 2 is 1.94 bits per heavy atom. The maximum atomic E-state index is 12.9. The van der Waals surface area contributed by atoms with E-state index in [1.165, 1.54) is 0 Å². The first-order valence-corrected chi connectivity index (χ1v) is 10.3. The summed E-state index contributed by atoms with van der Waals surface area (Å²) in [7, 11) is 1.58. The lowest BCUT2D eigenvalue weighted by molar-refractivity contribution is 0.102. The molecule has 0 bridgehead atoms. The summed E-state index contributed by atoms with van der Waals surface area (Å²) in [6.07, 6.45) is 0.973. The highest BCUT2D eigenvalue weighted by atomic mass is 16.5. The fourth-order valence-corrected chi connectivity index (χ4v) is 3.26. The van der Waals surface area contributed by atoms with Gasteiger partial charge in [0.2, 0.25) is 0 Å². The first kappa shape index (κ1) is 20.5. The minimum atomic E-state index is -0.241. The van der Waals surface area contributed by atoms with Crippen molar-refractivity contribution in [3.8, 4) is 22.9 Å². The van der Waals surface area contributed by atoms with E-state index in [0.29, 0.717) is 22.7 Å². The predicted molar refractivity (Wildman–Crippen MR) is 123 cm³/mol. The zero-order valence-electron chi connectivity index (χ0n) is 17.8. The number of nitrogens with zero attached hydrogens (tertiary/aromatic N) is 1. The van der Waals surface area contributed by atoms with Gasteiger partial charge in [-0.1, -0.05) is 25.1 Å². The van der Waals surface area contributed by atoms with E-state index in [-0.39, 0.29) is 12.0 Å². The second-order valence-electron chi connectivity index (χ2n) is 7.34. The van der Waals surface area contributed by atoms with Gasteiger partial charge in [-0.3, -0.25) is 4.79 Å². The molecule has 4 aromatic rings. The highest BCUT2D eigenvalue weighted by molar-refractivity contribution is 6.05. The fraction of sp³-hybridized carbons (Fsp3) is 0.200. The summed E-state index contributed by atoms with van der Waals surface area (Å²) >= 11 is 0. The van der Waals surface area contributed by atoms with Gasteiger partial charge in [0.15, 0.2) is 0 Å². The van der Waals surface area contributed by atoms with E-state index in [4.69, 9.17) is 9.47 Å². The van der Waals surface area contributed by atoms with Gasteiger partial charge in [-0.25, -0.2) is 4.98 Å². The minimum absolute atomic E-state index is 0.0823. The van der Waals surface area contributed by atoms with Crippen LogP contribution in [0.5, 0.6) is 11.5 Å². The molecule has 6 heteroatoms. The van der Waals surface area contributed by atoms with Crippen LogP contribution < -0.4 is 14.8 Å². The topological polar surface area (TPSA) is 76.2 Å². The average Bonchev–Trinajstić information content (AvgIpc) is 3.23. The number of amides is 1. The van der Waals surface area contributed by atoms with Crippen LogP contribution in [0.1, 0.15) is 30.6 Å². The van der Waals surface area contributed by atoms with Crippen molar-refractivity contribution in [1.82, 2.24) is 9.97 Å². The molecule has 3 aromatic carbocycles. The van der Waals surface area contributed by atoms with Gasteiger partial charge >= 0.3 is 0 Å². The Bertz CT molecular complexity index is 1180. The third kappa shape index (κ3) is 4.53. The Morgan fingerprint density at radius 1 is 1.10 bits per heavy atom. The van der Waals surface area contributed by atoms with E-state index in [0.717, 1.165) is 28.8 Å². The predicted octanol–water partition coefficient (Wildman–Crippen LogP) is 5.67. The maximum absolute atomic E-state index is 12.9. The lowest BCUT2D eigenvalue weighted by atomic mass is 10.1. The molecule has 0 fully saturated rings. The summed E-state index contributed by atoms with van der Waals surface area (Å²) in [4.78, 5) is 20.9. The molecule has 1 aromatic heterocycles. The summed E-state index contributed by atoms with van der Waals surface area (Å²) in [5.41, 5.74) is 3.77. The number of anilines is 1. The summed E-state index contributed by atoms with van der Waals surface area (Å²) in [6.45, 7) is 4.06. The second kappa shape index (κ2) is 8.92. The monoisotopic (exact) mass is 415 g/mol. The number of aromatic amines is 1. The number of ether oxygens (including phenoxy) is 2. The number of imidazole rings is 1. The zero-order chi connectivity index (χ0) is 21.8. The van der Waals surface area contributed by atoms with Crippen LogP contribution in [0, 0.1) is 0 Å². The highest BCUT2D eigenvalue weighted by Crippen LogP contribution is 2.31. The highest BCUT2D eigenvalue weighted by Gasteiger charge is 2.14. The van der Waals surface area contributed by atoms with Crippen LogP contribution >= 0.6 is 0 Å². The SMILES string of the molecule is CC[C@H](C)Oc1cccc(C(=O)Nc2cc(-c3nc4ccccc4[nH]3)ccc2OC)c1. The van der Waals surface area contributed by atoms with Crippen molar-refractivity contribution in [2.45, 2.75) is 26.4 Å². The number of para-hydroxylation sites is 2. The molecule has 0 saturated carbocycles. The van der Waals surface area contributed by atoms with Gasteiger partial charge in [-0.15, -0.1) is 0 Å². The van der Waals surface area contributed by atoms with Crippen LogP contribution in [-0.2, 0) is 0 Å². The number of aromatic nitrogens is 2. The first-order chi connectivity index (χ1) is 15.1. The van der Waals surface area contributed by atoms with Crippen LogP contribution in [0.3, 0.4) is 0 Å². The Kier molecular flexibility index (Phi) is 5.89. The van der Waals surface area contributed by atoms with Gasteiger partial charge in [0.05, 0.1) is 29.9 Å². The number of benzene rings is 3. The molecule has 0 saturated heterocycles. The van der Waals surface area contributed by atoms with Crippen molar-refractivity contribution in [2.75, 3.05) is 12.4 Å². The molecule has 31 heavy (non-hydrogen) atoms. The third-order valence-corrected chi connectivity index (χ3v) is 5.12. The zero-order valence-corrected chi connectivity index (χ0v) is 17.8. The van der Waals surface area contributed by atoms with Crippen molar-refractivity contribution in [1.29, 1.82) is 0 Å². The average molecular weight is 415 g/mol. The summed E-state index contributed by atoms with van der Waals surface area (Å²) in [5.74, 6) is 1.73. The molecule has 0 aliphatic carbocycles. The van der Waals surface area contributed by atoms with E-state index in [1.807, 2.05) is 61.5 Å². The van der Waals surface area contributed by atoms with E-state index in [2.05, 4.69) is 22.2 Å². The Morgan fingerprint density at radius 3 is 2.71 bits per heavy atom. The third-order valence-electron chi connectivity index (χ3n) is 5.12. The molecule has 0 aliphatic rings. The van der Waals surface area contributed by atoms with Crippen LogP contribution in [0.25, 0.3) is 22.4 Å². The molecule has 0 spiro atoms. The van der Waals surface area contributed by atoms with Gasteiger partial charge in [0.1, 0.15) is 17.3 Å². The van der Waals surface area contributed by atoms with Gasteiger partial charge in [0, 0.05) is 11.1 Å². The maximum Gasteiger partial charge on any atom is 0.255 e. The molecule has 158 valence electrons. The van der Waals surface area contributed by atoms with Crippen LogP contribution in [0.15, 0.2) is 66.7 Å². The number of methoxy groups -OCH3 is 1. The van der Waals surface area contributed by atoms with Crippen molar-refractivity contribution in [3.63, 3.8) is 0 Å². The van der Waals surface area contributed by atoms with Crippen LogP contribution in [-0.4, -0.2) is 29.1 Å². The molecular weight excluding hydrogens is 390 g/mol. The van der Waals surface area contributed by atoms with Gasteiger partial charge in [-0.2, -0.15) is 0 Å². The summed E-state index contributed by atoms with van der Waals surface area (Å²) < 4.78 is 11.3. The normalized spacial score (nSPS) is 11.8. The number of hydrogen-bond donors (Lipinski definition) is 2. The largest absolute Gasteiger partial charge is 0.495 e. The molecule has 1 atom stereocenters. The Labute approximate surface area is 181 Å². The Hall–Kier alpha value is -3.80. The lowest BCUT2D eigenvalue weighted by Crippen LogP contribution is -2.14. The number of nitrogens with one attached hydrogen (secondary N) is 2. The molecule has 1 heterocycles. The van der Waals surface area contributed by atoms with Crippen LogP contribution in [0.2, 0.25) is 0 Å².